The minimum absolute atomic E-state index is 0.0997. The van der Waals surface area contributed by atoms with Crippen molar-refractivity contribution in [1.82, 2.24) is 9.55 Å². The Morgan fingerprint density at radius 2 is 1.81 bits per heavy atom. The van der Waals surface area contributed by atoms with E-state index in [4.69, 9.17) is 19.2 Å². The topological polar surface area (TPSA) is 99.9 Å². The second kappa shape index (κ2) is 7.43. The van der Waals surface area contributed by atoms with Gasteiger partial charge in [-0.2, -0.15) is 0 Å². The summed E-state index contributed by atoms with van der Waals surface area (Å²) in [6.45, 7) is 6.13. The second-order valence-electron chi connectivity index (χ2n) is 10.0. The standard InChI is InChI=1S/C29H24N2O6/c1-4-29(34)20-9-22-25-17(11-31(22)27(32)19(20)12-35-28(29)33)8-18-21(30-25)10-23-26(37-13-36-23)24(18)16-6-14(2)5-15(3)7-16/h5-10,34H,4,11-13H2,1-3H3/t29-/m0/s1. The first-order chi connectivity index (χ1) is 17.8. The predicted octanol–water partition coefficient (Wildman–Crippen LogP) is 4.09. The Labute approximate surface area is 212 Å². The number of carbonyl (C=O) groups is 1. The molecular weight excluding hydrogens is 472 g/mol. The summed E-state index contributed by atoms with van der Waals surface area (Å²) in [6.07, 6.45) is 0.0997. The van der Waals surface area contributed by atoms with Gasteiger partial charge in [-0.1, -0.05) is 36.2 Å². The van der Waals surface area contributed by atoms with Crippen LogP contribution < -0.4 is 15.0 Å². The molecular formula is C29H24N2O6. The number of rotatable bonds is 2. The maximum Gasteiger partial charge on any atom is 0.343 e. The van der Waals surface area contributed by atoms with Gasteiger partial charge in [0.25, 0.3) is 5.56 Å². The molecule has 0 saturated carbocycles. The van der Waals surface area contributed by atoms with Crippen molar-refractivity contribution in [3.8, 4) is 34.0 Å². The fourth-order valence-corrected chi connectivity index (χ4v) is 5.89. The molecule has 8 nitrogen and oxygen atoms in total. The average Bonchev–Trinajstić information content (AvgIpc) is 3.47. The molecule has 186 valence electrons. The maximum atomic E-state index is 13.5. The summed E-state index contributed by atoms with van der Waals surface area (Å²) >= 11 is 0. The predicted molar refractivity (Wildman–Crippen MR) is 136 cm³/mol. The Morgan fingerprint density at radius 3 is 2.57 bits per heavy atom. The fraction of sp³-hybridized carbons (Fsp3) is 0.276. The lowest BCUT2D eigenvalue weighted by Gasteiger charge is -2.31. The number of carbonyl (C=O) groups excluding carboxylic acids is 1. The normalized spacial score (nSPS) is 19.0. The number of benzene rings is 2. The average molecular weight is 497 g/mol. The summed E-state index contributed by atoms with van der Waals surface area (Å²) in [5, 5.41) is 12.0. The van der Waals surface area contributed by atoms with Gasteiger partial charge in [-0.25, -0.2) is 9.78 Å². The molecule has 5 heterocycles. The third-order valence-corrected chi connectivity index (χ3v) is 7.66. The molecule has 4 aromatic rings. The van der Waals surface area contributed by atoms with Crippen molar-refractivity contribution in [3.63, 3.8) is 0 Å². The highest BCUT2D eigenvalue weighted by Gasteiger charge is 2.45. The van der Waals surface area contributed by atoms with Crippen LogP contribution in [-0.2, 0) is 28.3 Å². The smallest absolute Gasteiger partial charge is 0.343 e. The first-order valence-corrected chi connectivity index (χ1v) is 12.3. The van der Waals surface area contributed by atoms with Crippen molar-refractivity contribution in [2.45, 2.75) is 45.9 Å². The Hall–Kier alpha value is -4.17. The largest absolute Gasteiger partial charge is 0.458 e. The highest BCUT2D eigenvalue weighted by Crippen LogP contribution is 2.48. The molecule has 1 atom stereocenters. The molecule has 3 aliphatic heterocycles. The molecule has 37 heavy (non-hydrogen) atoms. The minimum Gasteiger partial charge on any atom is -0.458 e. The van der Waals surface area contributed by atoms with Gasteiger partial charge in [-0.3, -0.25) is 4.79 Å². The van der Waals surface area contributed by atoms with Crippen LogP contribution in [0.4, 0.5) is 0 Å². The van der Waals surface area contributed by atoms with Gasteiger partial charge in [0.15, 0.2) is 17.1 Å². The summed E-state index contributed by atoms with van der Waals surface area (Å²) in [4.78, 5) is 30.9. The van der Waals surface area contributed by atoms with E-state index in [2.05, 4.69) is 38.1 Å². The quantitative estimate of drug-likeness (QED) is 0.368. The van der Waals surface area contributed by atoms with E-state index in [0.717, 1.165) is 33.2 Å². The lowest BCUT2D eigenvalue weighted by molar-refractivity contribution is -0.172. The van der Waals surface area contributed by atoms with E-state index in [-0.39, 0.29) is 25.4 Å². The van der Waals surface area contributed by atoms with E-state index in [1.54, 1.807) is 17.6 Å². The summed E-state index contributed by atoms with van der Waals surface area (Å²) in [5.41, 5.74) is 5.49. The summed E-state index contributed by atoms with van der Waals surface area (Å²) in [6, 6.07) is 12.0. The van der Waals surface area contributed by atoms with Crippen molar-refractivity contribution in [3.05, 3.63) is 74.6 Å². The number of fused-ring (bicyclic) bond motifs is 6. The summed E-state index contributed by atoms with van der Waals surface area (Å²) in [5.74, 6) is 0.575. The lowest BCUT2D eigenvalue weighted by atomic mass is 9.86. The number of aryl methyl sites for hydroxylation is 2. The zero-order chi connectivity index (χ0) is 25.6. The molecule has 3 aliphatic rings. The molecule has 1 N–H and O–H groups in total. The zero-order valence-corrected chi connectivity index (χ0v) is 20.7. The Morgan fingerprint density at radius 1 is 1.03 bits per heavy atom. The number of nitrogens with zero attached hydrogens (tertiary/aromatic N) is 2. The van der Waals surface area contributed by atoms with Gasteiger partial charge in [0, 0.05) is 28.1 Å². The van der Waals surface area contributed by atoms with Crippen molar-refractivity contribution < 1.29 is 24.1 Å². The number of aromatic nitrogens is 2. The Bertz CT molecular complexity index is 1730. The first-order valence-electron chi connectivity index (χ1n) is 12.3. The molecule has 0 fully saturated rings. The van der Waals surface area contributed by atoms with Crippen LogP contribution in [0.25, 0.3) is 33.4 Å². The van der Waals surface area contributed by atoms with E-state index in [0.29, 0.717) is 46.1 Å². The number of ether oxygens (including phenoxy) is 3. The van der Waals surface area contributed by atoms with Gasteiger partial charge < -0.3 is 23.9 Å². The van der Waals surface area contributed by atoms with Gasteiger partial charge in [0.1, 0.15) is 6.61 Å². The highest BCUT2D eigenvalue weighted by molar-refractivity contribution is 6.02. The molecule has 0 unspecified atom stereocenters. The van der Waals surface area contributed by atoms with Crippen LogP contribution in [0.15, 0.2) is 41.2 Å². The van der Waals surface area contributed by atoms with Crippen LogP contribution in [-0.4, -0.2) is 27.4 Å². The number of hydrogen-bond donors (Lipinski definition) is 1. The Balaban J connectivity index is 1.50. The molecule has 0 amide bonds. The monoisotopic (exact) mass is 496 g/mol. The van der Waals surface area contributed by atoms with Crippen molar-refractivity contribution in [1.29, 1.82) is 0 Å². The van der Waals surface area contributed by atoms with E-state index in [9.17, 15) is 14.7 Å². The molecule has 0 saturated heterocycles. The van der Waals surface area contributed by atoms with Crippen LogP contribution in [0.3, 0.4) is 0 Å². The van der Waals surface area contributed by atoms with E-state index in [1.807, 2.05) is 6.07 Å². The molecule has 8 heteroatoms. The molecule has 0 aliphatic carbocycles. The molecule has 7 rings (SSSR count). The summed E-state index contributed by atoms with van der Waals surface area (Å²) in [7, 11) is 0. The molecule has 0 radical (unpaired) electrons. The van der Waals surface area contributed by atoms with Crippen LogP contribution >= 0.6 is 0 Å². The number of cyclic esters (lactones) is 1. The SMILES string of the molecule is CC[C@@]1(O)C(=O)OCc2c1cc1n(c2=O)Cc2cc3c(-c4cc(C)cc(C)c4)c4c(cc3nc2-1)OCO4. The molecule has 2 aromatic heterocycles. The highest BCUT2D eigenvalue weighted by atomic mass is 16.7. The zero-order valence-electron chi connectivity index (χ0n) is 20.7. The number of hydrogen-bond acceptors (Lipinski definition) is 7. The maximum absolute atomic E-state index is 13.5. The third kappa shape index (κ3) is 2.96. The lowest BCUT2D eigenvalue weighted by Crippen LogP contribution is -2.44. The first kappa shape index (κ1) is 22.1. The van der Waals surface area contributed by atoms with Crippen molar-refractivity contribution in [2.75, 3.05) is 6.79 Å². The Kier molecular flexibility index (Phi) is 4.43. The molecule has 0 bridgehead atoms. The number of esters is 1. The van der Waals surface area contributed by atoms with Crippen molar-refractivity contribution in [2.24, 2.45) is 0 Å². The third-order valence-electron chi connectivity index (χ3n) is 7.66. The molecule has 0 spiro atoms. The minimum atomic E-state index is -1.86. The van der Waals surface area contributed by atoms with Gasteiger partial charge in [0.05, 0.1) is 29.0 Å². The summed E-state index contributed by atoms with van der Waals surface area (Å²) < 4.78 is 18.5. The molecule has 2 aromatic carbocycles. The second-order valence-corrected chi connectivity index (χ2v) is 10.0. The van der Waals surface area contributed by atoms with Gasteiger partial charge >= 0.3 is 5.97 Å². The van der Waals surface area contributed by atoms with Crippen LogP contribution in [0, 0.1) is 13.8 Å². The van der Waals surface area contributed by atoms with Crippen LogP contribution in [0.1, 0.15) is 41.2 Å². The number of pyridine rings is 2. The van der Waals surface area contributed by atoms with Crippen molar-refractivity contribution >= 4 is 16.9 Å². The van der Waals surface area contributed by atoms with E-state index < -0.39 is 11.6 Å². The van der Waals surface area contributed by atoms with E-state index in [1.165, 1.54) is 0 Å². The van der Waals surface area contributed by atoms with Crippen LogP contribution in [0.2, 0.25) is 0 Å². The van der Waals surface area contributed by atoms with Gasteiger partial charge in [0.2, 0.25) is 6.79 Å². The van der Waals surface area contributed by atoms with E-state index >= 15 is 0 Å². The van der Waals surface area contributed by atoms with Gasteiger partial charge in [-0.05, 0) is 38.0 Å². The fourth-order valence-electron chi connectivity index (χ4n) is 5.89. The van der Waals surface area contributed by atoms with Gasteiger partial charge in [-0.15, -0.1) is 0 Å². The number of aliphatic hydroxyl groups is 1. The van der Waals surface area contributed by atoms with Crippen LogP contribution in [0.5, 0.6) is 11.5 Å².